The monoisotopic (exact) mass is 345 g/mol. The fourth-order valence-electron chi connectivity index (χ4n) is 2.90. The van der Waals surface area contributed by atoms with Gasteiger partial charge in [0.25, 0.3) is 0 Å². The average Bonchev–Trinajstić information content (AvgIpc) is 2.53. The van der Waals surface area contributed by atoms with Crippen molar-refractivity contribution in [2.45, 2.75) is 44.7 Å². The summed E-state index contributed by atoms with van der Waals surface area (Å²) in [6, 6.07) is 0. The number of nitrogens with zero attached hydrogens (tertiary/aromatic N) is 1. The van der Waals surface area contributed by atoms with Crippen LogP contribution in [0.15, 0.2) is 0 Å². The van der Waals surface area contributed by atoms with Gasteiger partial charge in [-0.1, -0.05) is 41.6 Å². The van der Waals surface area contributed by atoms with E-state index in [0.717, 1.165) is 31.0 Å². The number of alkyl halides is 4. The van der Waals surface area contributed by atoms with E-state index in [1.54, 1.807) is 0 Å². The molecule has 1 saturated carbocycles. The van der Waals surface area contributed by atoms with Crippen molar-refractivity contribution in [1.29, 1.82) is 0 Å². The Balaban J connectivity index is 2.67. The van der Waals surface area contributed by atoms with Gasteiger partial charge in [0.05, 0.1) is 13.2 Å². The zero-order valence-electron chi connectivity index (χ0n) is 11.2. The molecular weight excluding hydrogens is 323 g/mol. The molecular formula is C13H23BrF3NO. The van der Waals surface area contributed by atoms with E-state index in [9.17, 15) is 13.2 Å². The summed E-state index contributed by atoms with van der Waals surface area (Å²) in [7, 11) is 0. The maximum atomic E-state index is 12.6. The van der Waals surface area contributed by atoms with Crippen molar-refractivity contribution in [2.75, 3.05) is 31.6 Å². The highest BCUT2D eigenvalue weighted by atomic mass is 79.9. The van der Waals surface area contributed by atoms with Gasteiger partial charge in [-0.2, -0.15) is 13.2 Å². The van der Waals surface area contributed by atoms with Crippen LogP contribution in [0.5, 0.6) is 0 Å². The van der Waals surface area contributed by atoms with Crippen molar-refractivity contribution >= 4 is 15.9 Å². The zero-order chi connectivity index (χ0) is 14.4. The molecule has 114 valence electrons. The van der Waals surface area contributed by atoms with Gasteiger partial charge in [-0.25, -0.2) is 0 Å². The summed E-state index contributed by atoms with van der Waals surface area (Å²) in [6.45, 7) is -0.649. The number of hydrogen-bond acceptors (Lipinski definition) is 2. The maximum Gasteiger partial charge on any atom is 0.401 e. The van der Waals surface area contributed by atoms with E-state index in [0.29, 0.717) is 6.54 Å². The molecule has 6 heteroatoms. The van der Waals surface area contributed by atoms with Crippen LogP contribution in [0, 0.1) is 5.41 Å². The van der Waals surface area contributed by atoms with E-state index in [2.05, 4.69) is 15.9 Å². The minimum Gasteiger partial charge on any atom is -0.395 e. The van der Waals surface area contributed by atoms with Crippen LogP contribution >= 0.6 is 15.9 Å². The molecule has 1 fully saturated rings. The third-order valence-electron chi connectivity index (χ3n) is 3.83. The first-order valence-electron chi connectivity index (χ1n) is 6.87. The lowest BCUT2D eigenvalue weighted by Crippen LogP contribution is -2.44. The molecule has 0 heterocycles. The van der Waals surface area contributed by atoms with Gasteiger partial charge in [-0.3, -0.25) is 4.90 Å². The number of hydrogen-bond donors (Lipinski definition) is 1. The zero-order valence-corrected chi connectivity index (χ0v) is 12.8. The van der Waals surface area contributed by atoms with E-state index in [4.69, 9.17) is 5.11 Å². The Morgan fingerprint density at radius 3 is 2.11 bits per heavy atom. The fourth-order valence-corrected chi connectivity index (χ4v) is 3.63. The summed E-state index contributed by atoms with van der Waals surface area (Å²) in [5.74, 6) is 0. The van der Waals surface area contributed by atoms with Crippen molar-refractivity contribution in [3.63, 3.8) is 0 Å². The Bertz CT molecular complexity index is 253. The normalized spacial score (nSPS) is 20.5. The molecule has 19 heavy (non-hydrogen) atoms. The van der Waals surface area contributed by atoms with Crippen molar-refractivity contribution in [3.8, 4) is 0 Å². The van der Waals surface area contributed by atoms with Crippen LogP contribution in [0.3, 0.4) is 0 Å². The Kier molecular flexibility index (Phi) is 7.11. The summed E-state index contributed by atoms with van der Waals surface area (Å²) >= 11 is 3.49. The van der Waals surface area contributed by atoms with Crippen LogP contribution in [0.4, 0.5) is 13.2 Å². The average molecular weight is 346 g/mol. The highest BCUT2D eigenvalue weighted by molar-refractivity contribution is 9.09. The largest absolute Gasteiger partial charge is 0.401 e. The van der Waals surface area contributed by atoms with Gasteiger partial charge in [-0.15, -0.1) is 0 Å². The second-order valence-corrected chi connectivity index (χ2v) is 6.16. The summed E-state index contributed by atoms with van der Waals surface area (Å²) in [4.78, 5) is 1.35. The summed E-state index contributed by atoms with van der Waals surface area (Å²) in [5.41, 5.74) is -0.0725. The smallest absolute Gasteiger partial charge is 0.395 e. The summed E-state index contributed by atoms with van der Waals surface area (Å²) < 4.78 is 37.7. The molecule has 0 bridgehead atoms. The van der Waals surface area contributed by atoms with Gasteiger partial charge in [0, 0.05) is 18.4 Å². The predicted molar refractivity (Wildman–Crippen MR) is 73.5 cm³/mol. The number of halogens is 4. The van der Waals surface area contributed by atoms with Gasteiger partial charge < -0.3 is 5.11 Å². The topological polar surface area (TPSA) is 23.5 Å². The number of aliphatic hydroxyl groups excluding tert-OH is 1. The van der Waals surface area contributed by atoms with Gasteiger partial charge in [0.1, 0.15) is 0 Å². The third-order valence-corrected chi connectivity index (χ3v) is 5.02. The molecule has 0 spiro atoms. The van der Waals surface area contributed by atoms with Crippen molar-refractivity contribution < 1.29 is 18.3 Å². The molecule has 0 aromatic rings. The fraction of sp³-hybridized carbons (Fsp3) is 1.00. The molecule has 0 aliphatic heterocycles. The maximum absolute atomic E-state index is 12.6. The Labute approximate surface area is 121 Å². The molecule has 0 saturated heterocycles. The number of rotatable bonds is 6. The van der Waals surface area contributed by atoms with Crippen molar-refractivity contribution in [1.82, 2.24) is 4.90 Å². The SMILES string of the molecule is OCCN(CC(F)(F)F)CC1(CBr)CCCCCC1. The minimum atomic E-state index is -4.20. The van der Waals surface area contributed by atoms with E-state index in [-0.39, 0.29) is 18.6 Å². The van der Waals surface area contributed by atoms with Gasteiger partial charge in [0.15, 0.2) is 0 Å². The molecule has 1 N–H and O–H groups in total. The number of aliphatic hydroxyl groups is 1. The highest BCUT2D eigenvalue weighted by Gasteiger charge is 2.36. The second-order valence-electron chi connectivity index (χ2n) is 5.60. The van der Waals surface area contributed by atoms with Crippen molar-refractivity contribution in [3.05, 3.63) is 0 Å². The molecule has 0 unspecified atom stereocenters. The molecule has 2 nitrogen and oxygen atoms in total. The van der Waals surface area contributed by atoms with Crippen LogP contribution in [0.2, 0.25) is 0 Å². The highest BCUT2D eigenvalue weighted by Crippen LogP contribution is 2.38. The molecule has 1 aliphatic rings. The first-order valence-corrected chi connectivity index (χ1v) is 7.99. The summed E-state index contributed by atoms with van der Waals surface area (Å²) in [6.07, 6.45) is 2.26. The first kappa shape index (κ1) is 17.2. The van der Waals surface area contributed by atoms with E-state index in [1.165, 1.54) is 17.7 Å². The molecule has 0 radical (unpaired) electrons. The van der Waals surface area contributed by atoms with Gasteiger partial charge >= 0.3 is 6.18 Å². The molecule has 0 aromatic heterocycles. The summed E-state index contributed by atoms with van der Waals surface area (Å²) in [5, 5.41) is 9.69. The van der Waals surface area contributed by atoms with Crippen LogP contribution in [0.1, 0.15) is 38.5 Å². The van der Waals surface area contributed by atoms with Crippen LogP contribution in [-0.2, 0) is 0 Å². The van der Waals surface area contributed by atoms with Crippen LogP contribution in [0.25, 0.3) is 0 Å². The molecule has 0 aromatic carbocycles. The lowest BCUT2D eigenvalue weighted by atomic mass is 9.82. The quantitative estimate of drug-likeness (QED) is 0.587. The minimum absolute atomic E-state index is 0.0725. The van der Waals surface area contributed by atoms with E-state index in [1.807, 2.05) is 0 Å². The van der Waals surface area contributed by atoms with Crippen LogP contribution < -0.4 is 0 Å². The van der Waals surface area contributed by atoms with Gasteiger partial charge in [-0.05, 0) is 18.3 Å². The second kappa shape index (κ2) is 7.84. The molecule has 1 rings (SSSR count). The standard InChI is InChI=1S/C13H23BrF3NO/c14-9-12(5-3-1-2-4-6-12)10-18(7-8-19)11-13(15,16)17/h19H,1-11H2. The van der Waals surface area contributed by atoms with Crippen molar-refractivity contribution in [2.24, 2.45) is 5.41 Å². The van der Waals surface area contributed by atoms with Crippen LogP contribution in [-0.4, -0.2) is 47.8 Å². The lowest BCUT2D eigenvalue weighted by molar-refractivity contribution is -0.149. The first-order chi connectivity index (χ1) is 8.91. The predicted octanol–water partition coefficient (Wildman–Crippen LogP) is 3.58. The van der Waals surface area contributed by atoms with E-state index >= 15 is 0 Å². The third kappa shape index (κ3) is 6.45. The molecule has 0 amide bonds. The Hall–Kier alpha value is 0.190. The lowest BCUT2D eigenvalue weighted by Gasteiger charge is -2.37. The Morgan fingerprint density at radius 1 is 1.11 bits per heavy atom. The molecule has 0 atom stereocenters. The Morgan fingerprint density at radius 2 is 1.68 bits per heavy atom. The van der Waals surface area contributed by atoms with E-state index < -0.39 is 12.7 Å². The van der Waals surface area contributed by atoms with Gasteiger partial charge in [0.2, 0.25) is 0 Å². The molecule has 1 aliphatic carbocycles.